The van der Waals surface area contributed by atoms with Crippen molar-refractivity contribution in [3.05, 3.63) is 152 Å². The third kappa shape index (κ3) is 4.80. The van der Waals surface area contributed by atoms with Crippen molar-refractivity contribution in [2.45, 2.75) is 0 Å². The Kier molecular flexibility index (Phi) is 6.35. The maximum Gasteiger partial charge on any atom is 0.164 e. The van der Waals surface area contributed by atoms with Crippen molar-refractivity contribution >= 4 is 32.7 Å². The first-order valence-electron chi connectivity index (χ1n) is 15.4. The summed E-state index contributed by atoms with van der Waals surface area (Å²) in [5.41, 5.74) is 7.99. The van der Waals surface area contributed by atoms with Gasteiger partial charge in [-0.3, -0.25) is 9.97 Å². The molecule has 0 saturated carbocycles. The molecule has 9 aromatic rings. The summed E-state index contributed by atoms with van der Waals surface area (Å²) in [6.45, 7) is 0. The molecule has 0 fully saturated rings. The number of rotatable bonds is 5. The second-order valence-corrected chi connectivity index (χ2v) is 11.3. The van der Waals surface area contributed by atoms with E-state index < -0.39 is 0 Å². The van der Waals surface area contributed by atoms with E-state index >= 15 is 0 Å². The van der Waals surface area contributed by atoms with E-state index in [1.165, 1.54) is 0 Å². The Bertz CT molecular complexity index is 2500. The minimum Gasteiger partial charge on any atom is -0.454 e. The molecular weight excluding hydrogens is 578 g/mol. The van der Waals surface area contributed by atoms with Crippen molar-refractivity contribution < 1.29 is 4.42 Å². The minimum absolute atomic E-state index is 0.624. The molecular formula is C41H25N5O. The highest BCUT2D eigenvalue weighted by Crippen LogP contribution is 2.38. The maximum atomic E-state index is 6.52. The lowest BCUT2D eigenvalue weighted by Gasteiger charge is -2.09. The molecule has 0 saturated heterocycles. The summed E-state index contributed by atoms with van der Waals surface area (Å²) in [6.07, 6.45) is 3.65. The zero-order valence-corrected chi connectivity index (χ0v) is 25.1. The molecule has 0 aliphatic heterocycles. The van der Waals surface area contributed by atoms with Crippen molar-refractivity contribution in [1.82, 2.24) is 24.9 Å². The van der Waals surface area contributed by atoms with Gasteiger partial charge in [0.25, 0.3) is 0 Å². The lowest BCUT2D eigenvalue weighted by molar-refractivity contribution is 0.668. The molecule has 0 aliphatic carbocycles. The summed E-state index contributed by atoms with van der Waals surface area (Å²) >= 11 is 0. The van der Waals surface area contributed by atoms with Gasteiger partial charge >= 0.3 is 0 Å². The number of nitrogens with zero attached hydrogens (tertiary/aromatic N) is 5. The Balaban J connectivity index is 1.10. The van der Waals surface area contributed by atoms with Gasteiger partial charge in [-0.05, 0) is 40.8 Å². The summed E-state index contributed by atoms with van der Waals surface area (Å²) in [4.78, 5) is 24.0. The number of furan rings is 1. The van der Waals surface area contributed by atoms with Crippen LogP contribution >= 0.6 is 0 Å². The quantitative estimate of drug-likeness (QED) is 0.195. The van der Waals surface area contributed by atoms with E-state index in [0.29, 0.717) is 17.5 Å². The van der Waals surface area contributed by atoms with Crippen LogP contribution in [0.1, 0.15) is 0 Å². The van der Waals surface area contributed by atoms with Gasteiger partial charge in [-0.2, -0.15) is 0 Å². The van der Waals surface area contributed by atoms with Crippen LogP contribution in [-0.2, 0) is 0 Å². The van der Waals surface area contributed by atoms with Gasteiger partial charge < -0.3 is 4.42 Å². The monoisotopic (exact) mass is 603 g/mol. The van der Waals surface area contributed by atoms with Crippen molar-refractivity contribution in [3.8, 4) is 56.7 Å². The van der Waals surface area contributed by atoms with Gasteiger partial charge in [0.15, 0.2) is 23.1 Å². The number of pyridine rings is 2. The fraction of sp³-hybridized carbons (Fsp3) is 0. The van der Waals surface area contributed by atoms with Crippen LogP contribution in [0.4, 0.5) is 0 Å². The van der Waals surface area contributed by atoms with Gasteiger partial charge in [0.05, 0.1) is 0 Å². The van der Waals surface area contributed by atoms with Gasteiger partial charge in [-0.25, -0.2) is 15.0 Å². The molecule has 4 heterocycles. The van der Waals surface area contributed by atoms with E-state index in [1.54, 1.807) is 0 Å². The van der Waals surface area contributed by atoms with E-state index in [9.17, 15) is 0 Å². The highest BCUT2D eigenvalue weighted by atomic mass is 16.3. The highest BCUT2D eigenvalue weighted by molar-refractivity contribution is 6.11. The smallest absolute Gasteiger partial charge is 0.164 e. The molecule has 5 aromatic carbocycles. The Hall–Kier alpha value is -6.53. The zero-order valence-electron chi connectivity index (χ0n) is 25.1. The molecule has 0 aliphatic rings. The number of hydrogen-bond acceptors (Lipinski definition) is 6. The van der Waals surface area contributed by atoms with Crippen molar-refractivity contribution in [1.29, 1.82) is 0 Å². The van der Waals surface area contributed by atoms with E-state index in [1.807, 2.05) is 97.3 Å². The molecule has 6 heteroatoms. The third-order valence-corrected chi connectivity index (χ3v) is 8.46. The number of fused-ring (bicyclic) bond motifs is 4. The maximum absolute atomic E-state index is 6.52. The third-order valence-electron chi connectivity index (χ3n) is 8.46. The van der Waals surface area contributed by atoms with Crippen molar-refractivity contribution in [2.75, 3.05) is 0 Å². The van der Waals surface area contributed by atoms with E-state index in [0.717, 1.165) is 71.9 Å². The Morgan fingerprint density at radius 1 is 0.383 bits per heavy atom. The topological polar surface area (TPSA) is 77.6 Å². The number of aromatic nitrogens is 5. The molecule has 47 heavy (non-hydrogen) atoms. The van der Waals surface area contributed by atoms with Crippen LogP contribution < -0.4 is 0 Å². The lowest BCUT2D eigenvalue weighted by Crippen LogP contribution is -2.00. The highest BCUT2D eigenvalue weighted by Gasteiger charge is 2.17. The molecule has 0 unspecified atom stereocenters. The number of hydrogen-bond donors (Lipinski definition) is 0. The van der Waals surface area contributed by atoms with Gasteiger partial charge in [0, 0.05) is 45.2 Å². The van der Waals surface area contributed by atoms with Gasteiger partial charge in [0.2, 0.25) is 0 Å². The van der Waals surface area contributed by atoms with Crippen LogP contribution in [0.3, 0.4) is 0 Å². The Labute approximate surface area is 270 Å². The predicted molar refractivity (Wildman–Crippen MR) is 187 cm³/mol. The molecule has 4 aromatic heterocycles. The van der Waals surface area contributed by atoms with Gasteiger partial charge in [0.1, 0.15) is 17.0 Å². The summed E-state index contributed by atoms with van der Waals surface area (Å²) in [7, 11) is 0. The van der Waals surface area contributed by atoms with Crippen LogP contribution in [-0.4, -0.2) is 24.9 Å². The molecule has 6 nitrogen and oxygen atoms in total. The van der Waals surface area contributed by atoms with E-state index in [-0.39, 0.29) is 0 Å². The second-order valence-electron chi connectivity index (χ2n) is 11.3. The van der Waals surface area contributed by atoms with Crippen LogP contribution in [0.2, 0.25) is 0 Å². The van der Waals surface area contributed by atoms with E-state index in [2.05, 4.69) is 54.6 Å². The van der Waals surface area contributed by atoms with Crippen LogP contribution in [0.5, 0.6) is 0 Å². The average molecular weight is 604 g/mol. The van der Waals surface area contributed by atoms with Gasteiger partial charge in [-0.1, -0.05) is 115 Å². The molecule has 0 N–H and O–H groups in total. The Morgan fingerprint density at radius 2 is 0.936 bits per heavy atom. The second kappa shape index (κ2) is 11.1. The minimum atomic E-state index is 0.624. The fourth-order valence-corrected chi connectivity index (χ4v) is 6.11. The van der Waals surface area contributed by atoms with Crippen molar-refractivity contribution in [3.63, 3.8) is 0 Å². The molecule has 0 spiro atoms. The van der Waals surface area contributed by atoms with Crippen LogP contribution in [0.15, 0.2) is 156 Å². The first kappa shape index (κ1) is 26.8. The zero-order chi connectivity index (χ0) is 31.2. The number of benzene rings is 5. The molecule has 0 bridgehead atoms. The van der Waals surface area contributed by atoms with Crippen LogP contribution in [0, 0.1) is 0 Å². The molecule has 9 rings (SSSR count). The van der Waals surface area contributed by atoms with Gasteiger partial charge in [-0.15, -0.1) is 0 Å². The first-order chi connectivity index (χ1) is 23.3. The van der Waals surface area contributed by atoms with E-state index in [4.69, 9.17) is 29.3 Å². The molecule has 0 radical (unpaired) electrons. The average Bonchev–Trinajstić information content (AvgIpc) is 3.53. The normalized spacial score (nSPS) is 11.4. The summed E-state index contributed by atoms with van der Waals surface area (Å²) in [5, 5.41) is 4.21. The Morgan fingerprint density at radius 3 is 1.64 bits per heavy atom. The first-order valence-corrected chi connectivity index (χ1v) is 15.4. The summed E-state index contributed by atoms with van der Waals surface area (Å²) in [5.74, 6) is 1.90. The predicted octanol–water partition coefficient (Wildman–Crippen LogP) is 10.0. The lowest BCUT2D eigenvalue weighted by atomic mass is 10.0. The van der Waals surface area contributed by atoms with Crippen molar-refractivity contribution in [2.24, 2.45) is 0 Å². The standard InChI is InChI=1S/C41H25N5O/c1-3-10-28(11-4-1)39-44-40(29-12-5-2-6-13-29)46-41(45-39)30-17-15-26(16-18-30)31-19-20-33-34-22-24-43-37(38(34)47-35(33)25-31)36-32-14-8-7-9-27(32)21-23-42-36/h1-25H. The summed E-state index contributed by atoms with van der Waals surface area (Å²) < 4.78 is 6.52. The fourth-order valence-electron chi connectivity index (χ4n) is 6.11. The summed E-state index contributed by atoms with van der Waals surface area (Å²) in [6, 6.07) is 46.9. The molecule has 0 amide bonds. The molecule has 0 atom stereocenters. The largest absolute Gasteiger partial charge is 0.454 e. The SMILES string of the molecule is c1ccc(-c2nc(-c3ccccc3)nc(-c3ccc(-c4ccc5c(c4)oc4c(-c6nccc7ccccc67)nccc45)cc3)n2)cc1. The van der Waals surface area contributed by atoms with Crippen LogP contribution in [0.25, 0.3) is 89.4 Å². The molecule has 220 valence electrons.